The molecule has 3 rings (SSSR count). The van der Waals surface area contributed by atoms with Gasteiger partial charge in [0, 0.05) is 20.7 Å². The summed E-state index contributed by atoms with van der Waals surface area (Å²) in [6.45, 7) is 0. The number of fused-ring (bicyclic) bond motifs is 1. The Hall–Kier alpha value is -0.840. The molecule has 2 atom stereocenters. The number of hydrogen-bond acceptors (Lipinski definition) is 2. The summed E-state index contributed by atoms with van der Waals surface area (Å²) >= 11 is 5.45. The van der Waals surface area contributed by atoms with E-state index in [2.05, 4.69) is 45.5 Å². The van der Waals surface area contributed by atoms with Crippen LogP contribution in [0.1, 0.15) is 11.1 Å². The Morgan fingerprint density at radius 3 is 2.90 bits per heavy atom. The van der Waals surface area contributed by atoms with Crippen LogP contribution in [0, 0.1) is 5.82 Å². The average molecular weight is 366 g/mol. The van der Waals surface area contributed by atoms with Crippen LogP contribution in [-0.2, 0) is 12.8 Å². The minimum Gasteiger partial charge on any atom is -0.316 e. The van der Waals surface area contributed by atoms with Crippen LogP contribution in [-0.4, -0.2) is 18.3 Å². The first-order chi connectivity index (χ1) is 10.2. The van der Waals surface area contributed by atoms with Gasteiger partial charge in [-0.05, 0) is 55.3 Å². The highest BCUT2D eigenvalue weighted by Gasteiger charge is 2.28. The fourth-order valence-electron chi connectivity index (χ4n) is 2.79. The fourth-order valence-corrected chi connectivity index (χ4v) is 4.64. The van der Waals surface area contributed by atoms with Crippen molar-refractivity contribution < 1.29 is 4.39 Å². The maximum Gasteiger partial charge on any atom is 0.123 e. The molecule has 110 valence electrons. The molecule has 0 aliphatic carbocycles. The van der Waals surface area contributed by atoms with E-state index in [4.69, 9.17) is 0 Å². The van der Waals surface area contributed by atoms with E-state index in [1.54, 1.807) is 12.1 Å². The standard InChI is InChI=1S/C17H17BrFNS/c1-20-15(9-12-8-13(19)6-7-14(12)18)17-10-11-4-2-3-5-16(11)21-17/h2-8,15,17,20H,9-10H2,1H3. The Morgan fingerprint density at radius 1 is 1.33 bits per heavy atom. The molecule has 1 aliphatic rings. The van der Waals surface area contributed by atoms with Crippen LogP contribution in [0.4, 0.5) is 4.39 Å². The number of benzene rings is 2. The summed E-state index contributed by atoms with van der Waals surface area (Å²) in [6.07, 6.45) is 1.89. The van der Waals surface area contributed by atoms with Gasteiger partial charge in [-0.15, -0.1) is 11.8 Å². The highest BCUT2D eigenvalue weighted by atomic mass is 79.9. The third-order valence-corrected chi connectivity index (χ3v) is 6.16. The summed E-state index contributed by atoms with van der Waals surface area (Å²) in [7, 11) is 1.99. The van der Waals surface area contributed by atoms with Gasteiger partial charge in [-0.1, -0.05) is 34.1 Å². The van der Waals surface area contributed by atoms with Crippen LogP contribution >= 0.6 is 27.7 Å². The largest absolute Gasteiger partial charge is 0.316 e. The quantitative estimate of drug-likeness (QED) is 0.859. The molecular formula is C17H17BrFNS. The summed E-state index contributed by atoms with van der Waals surface area (Å²) < 4.78 is 14.4. The van der Waals surface area contributed by atoms with E-state index in [0.29, 0.717) is 11.3 Å². The second-order valence-corrected chi connectivity index (χ2v) is 7.44. The molecule has 21 heavy (non-hydrogen) atoms. The molecule has 0 bridgehead atoms. The molecule has 2 aromatic carbocycles. The Bertz CT molecular complexity index is 621. The molecule has 0 amide bonds. The number of halogens is 2. The van der Waals surface area contributed by atoms with Crippen LogP contribution in [0.2, 0.25) is 0 Å². The van der Waals surface area contributed by atoms with Crippen molar-refractivity contribution in [3.05, 3.63) is 63.9 Å². The van der Waals surface area contributed by atoms with Crippen LogP contribution < -0.4 is 5.32 Å². The van der Waals surface area contributed by atoms with E-state index in [1.807, 2.05) is 18.8 Å². The summed E-state index contributed by atoms with van der Waals surface area (Å²) in [5, 5.41) is 3.90. The van der Waals surface area contributed by atoms with Gasteiger partial charge in [0.05, 0.1) is 0 Å². The molecule has 1 nitrogen and oxygen atoms in total. The van der Waals surface area contributed by atoms with E-state index in [9.17, 15) is 4.39 Å². The molecule has 0 fully saturated rings. The minimum atomic E-state index is -0.176. The first kappa shape index (κ1) is 15.1. The topological polar surface area (TPSA) is 12.0 Å². The maximum atomic E-state index is 13.4. The van der Waals surface area contributed by atoms with E-state index in [0.717, 1.165) is 22.9 Å². The van der Waals surface area contributed by atoms with Crippen LogP contribution in [0.25, 0.3) is 0 Å². The minimum absolute atomic E-state index is 0.176. The third-order valence-electron chi connectivity index (χ3n) is 3.94. The van der Waals surface area contributed by atoms with Crippen molar-refractivity contribution in [2.24, 2.45) is 0 Å². The van der Waals surface area contributed by atoms with Gasteiger partial charge >= 0.3 is 0 Å². The molecule has 0 aromatic heterocycles. The number of likely N-dealkylation sites (N-methyl/N-ethyl adjacent to an activating group) is 1. The van der Waals surface area contributed by atoms with E-state index >= 15 is 0 Å². The smallest absolute Gasteiger partial charge is 0.123 e. The first-order valence-corrected chi connectivity index (χ1v) is 8.70. The van der Waals surface area contributed by atoms with Gasteiger partial charge in [-0.3, -0.25) is 0 Å². The molecular weight excluding hydrogens is 349 g/mol. The predicted molar refractivity (Wildman–Crippen MR) is 90.4 cm³/mol. The van der Waals surface area contributed by atoms with E-state index in [1.165, 1.54) is 16.5 Å². The van der Waals surface area contributed by atoms with Gasteiger partial charge in [0.15, 0.2) is 0 Å². The van der Waals surface area contributed by atoms with Gasteiger partial charge in [0.2, 0.25) is 0 Å². The van der Waals surface area contributed by atoms with Crippen molar-refractivity contribution in [2.45, 2.75) is 29.0 Å². The molecule has 0 radical (unpaired) electrons. The molecule has 4 heteroatoms. The Morgan fingerprint density at radius 2 is 2.14 bits per heavy atom. The highest BCUT2D eigenvalue weighted by molar-refractivity contribution is 9.10. The molecule has 1 aliphatic heterocycles. The molecule has 1 N–H and O–H groups in total. The SMILES string of the molecule is CNC(Cc1cc(F)ccc1Br)C1Cc2ccccc2S1. The van der Waals surface area contributed by atoms with Crippen molar-refractivity contribution in [3.8, 4) is 0 Å². The summed E-state index contributed by atoms with van der Waals surface area (Å²) in [4.78, 5) is 1.38. The van der Waals surface area contributed by atoms with Gasteiger partial charge in [0.25, 0.3) is 0 Å². The van der Waals surface area contributed by atoms with Gasteiger partial charge in [0.1, 0.15) is 5.82 Å². The first-order valence-electron chi connectivity index (χ1n) is 7.03. The lowest BCUT2D eigenvalue weighted by atomic mass is 9.99. The monoisotopic (exact) mass is 365 g/mol. The number of thioether (sulfide) groups is 1. The Kier molecular flexibility index (Phi) is 4.67. The molecule has 2 unspecified atom stereocenters. The van der Waals surface area contributed by atoms with Crippen molar-refractivity contribution in [2.75, 3.05) is 7.05 Å². The van der Waals surface area contributed by atoms with Crippen molar-refractivity contribution in [1.29, 1.82) is 0 Å². The zero-order valence-electron chi connectivity index (χ0n) is 11.8. The third kappa shape index (κ3) is 3.33. The normalized spacial score (nSPS) is 18.5. The zero-order valence-corrected chi connectivity index (χ0v) is 14.2. The lowest BCUT2D eigenvalue weighted by Gasteiger charge is -2.23. The lowest BCUT2D eigenvalue weighted by Crippen LogP contribution is -2.37. The number of nitrogens with one attached hydrogen (secondary N) is 1. The molecule has 0 saturated heterocycles. The van der Waals surface area contributed by atoms with Crippen molar-refractivity contribution in [1.82, 2.24) is 5.32 Å². The maximum absolute atomic E-state index is 13.4. The summed E-state index contributed by atoms with van der Waals surface area (Å²) in [5.74, 6) is -0.176. The highest BCUT2D eigenvalue weighted by Crippen LogP contribution is 2.39. The Labute approximate surface area is 137 Å². The number of rotatable bonds is 4. The van der Waals surface area contributed by atoms with Gasteiger partial charge in [-0.2, -0.15) is 0 Å². The van der Waals surface area contributed by atoms with E-state index < -0.39 is 0 Å². The average Bonchev–Trinajstić information content (AvgIpc) is 2.91. The summed E-state index contributed by atoms with van der Waals surface area (Å²) in [6, 6.07) is 13.8. The second kappa shape index (κ2) is 6.51. The van der Waals surface area contributed by atoms with Crippen LogP contribution in [0.5, 0.6) is 0 Å². The van der Waals surface area contributed by atoms with Crippen molar-refractivity contribution >= 4 is 27.7 Å². The predicted octanol–water partition coefficient (Wildman–Crippen LogP) is 4.44. The van der Waals surface area contributed by atoms with Crippen molar-refractivity contribution in [3.63, 3.8) is 0 Å². The Balaban J connectivity index is 1.76. The van der Waals surface area contributed by atoms with Gasteiger partial charge < -0.3 is 5.32 Å². The molecule has 1 heterocycles. The lowest BCUT2D eigenvalue weighted by molar-refractivity contribution is 0.533. The van der Waals surface area contributed by atoms with Gasteiger partial charge in [-0.25, -0.2) is 4.39 Å². The fraction of sp³-hybridized carbons (Fsp3) is 0.294. The van der Waals surface area contributed by atoms with Crippen LogP contribution in [0.15, 0.2) is 51.8 Å². The summed E-state index contributed by atoms with van der Waals surface area (Å²) in [5.41, 5.74) is 2.44. The zero-order chi connectivity index (χ0) is 14.8. The molecule has 0 spiro atoms. The van der Waals surface area contributed by atoms with Crippen LogP contribution in [0.3, 0.4) is 0 Å². The number of hydrogen-bond donors (Lipinski definition) is 1. The molecule has 0 saturated carbocycles. The molecule has 2 aromatic rings. The van der Waals surface area contributed by atoms with E-state index in [-0.39, 0.29) is 5.82 Å². The second-order valence-electron chi connectivity index (χ2n) is 5.30.